The molecule has 0 saturated heterocycles. The molecular formula is C59H54Cl4N2O12P2S2. The molecule has 2 amide bonds. The average Bonchev–Trinajstić information content (AvgIpc) is 3.43. The first-order chi connectivity index (χ1) is 38.1. The fraction of sp³-hybridized carbons (Fsp3) is 0.186. The van der Waals surface area contributed by atoms with E-state index in [-0.39, 0.29) is 60.5 Å². The minimum absolute atomic E-state index is 0.0274. The lowest BCUT2D eigenvalue weighted by molar-refractivity contribution is -0.147. The van der Waals surface area contributed by atoms with Crippen molar-refractivity contribution in [1.82, 2.24) is 10.6 Å². The number of carbonyl (C=O) groups excluding carboxylic acids is 3. The topological polar surface area (TPSA) is 224 Å². The highest BCUT2D eigenvalue weighted by Gasteiger charge is 2.28. The highest BCUT2D eigenvalue weighted by Crippen LogP contribution is 2.41. The summed E-state index contributed by atoms with van der Waals surface area (Å²) >= 11 is 25.7. The summed E-state index contributed by atoms with van der Waals surface area (Å²) in [6, 6.07) is 42.4. The van der Waals surface area contributed by atoms with Gasteiger partial charge in [-0.05, 0) is 89.5 Å². The van der Waals surface area contributed by atoms with Gasteiger partial charge in [0, 0.05) is 54.4 Å². The maximum atomic E-state index is 13.4. The van der Waals surface area contributed by atoms with Crippen LogP contribution in [0.4, 0.5) is 0 Å². The van der Waals surface area contributed by atoms with Gasteiger partial charge < -0.3 is 29.6 Å². The molecule has 0 fully saturated rings. The van der Waals surface area contributed by atoms with E-state index in [9.17, 15) is 50.3 Å². The molecule has 7 aromatic carbocycles. The number of nitrogens with one attached hydrogen (secondary N) is 2. The zero-order valence-electron chi connectivity index (χ0n) is 43.9. The van der Waals surface area contributed by atoms with Crippen molar-refractivity contribution in [2.24, 2.45) is 0 Å². The summed E-state index contributed by atoms with van der Waals surface area (Å²) in [5.41, 5.74) is 5.33. The first kappa shape index (κ1) is 63.7. The van der Waals surface area contributed by atoms with E-state index in [1.54, 1.807) is 92.2 Å². The summed E-state index contributed by atoms with van der Waals surface area (Å²) in [5, 5.41) is 16.1. The number of halogens is 4. The Kier molecular flexibility index (Phi) is 22.0. The summed E-state index contributed by atoms with van der Waals surface area (Å²) in [4.78, 5) is 51.6. The molecule has 0 radical (unpaired) electrons. The number of hydrogen-bond acceptors (Lipinski definition) is 11. The number of aryl methyl sites for hydroxylation is 1. The van der Waals surface area contributed by atoms with Gasteiger partial charge in [-0.15, -0.1) is 0 Å². The molecule has 0 spiro atoms. The molecule has 14 nitrogen and oxygen atoms in total. The maximum absolute atomic E-state index is 13.4. The van der Waals surface area contributed by atoms with Gasteiger partial charge in [-0.1, -0.05) is 168 Å². The van der Waals surface area contributed by atoms with E-state index in [1.807, 2.05) is 42.5 Å². The van der Waals surface area contributed by atoms with E-state index in [4.69, 9.17) is 51.1 Å². The van der Waals surface area contributed by atoms with Crippen molar-refractivity contribution in [2.45, 2.75) is 47.7 Å². The van der Waals surface area contributed by atoms with E-state index in [0.717, 1.165) is 23.4 Å². The van der Waals surface area contributed by atoms with E-state index < -0.39 is 69.8 Å². The molecule has 422 valence electrons. The van der Waals surface area contributed by atoms with Crippen LogP contribution in [0.5, 0.6) is 0 Å². The second-order valence-corrected chi connectivity index (χ2v) is 30.3. The Labute approximate surface area is 491 Å². The molecule has 2 unspecified atom stereocenters. The lowest BCUT2D eigenvalue weighted by Crippen LogP contribution is -2.43. The molecule has 0 aromatic heterocycles. The third-order valence-corrected chi connectivity index (χ3v) is 20.0. The van der Waals surface area contributed by atoms with Crippen molar-refractivity contribution in [3.63, 3.8) is 0 Å². The zero-order chi connectivity index (χ0) is 59.3. The molecule has 22 heteroatoms. The molecule has 0 aliphatic rings. The Hall–Kier alpha value is -6.50. The van der Waals surface area contributed by atoms with Crippen LogP contribution in [0, 0.1) is 11.6 Å². The fourth-order valence-electron chi connectivity index (χ4n) is 7.97. The van der Waals surface area contributed by atoms with Crippen LogP contribution in [0.1, 0.15) is 48.5 Å². The standard InChI is InChI=1S/C33H28Cl2NO6PS.C26H26Cl2NO6PS/c1-43(39,26-13-7-4-8-14-26)17-16-25-19-28(34)31(29(35)20-25)32(37)36-30(33(38)42-22-23-10-5-3-6-11-23)21-24-12-9-15-27(18-24)44(2,40)41;1-36(33,19-8-4-3-5-9-19)12-11-18-14-21(27)24(22(28)15-18)25(30)29-23(26(31)32)16-17-7-6-10-20(13-17)37(2,34)35/h3-15,18-20,30H,21-22H2,1-2H3,(H,36,37);3-10,13-15,23H,11-12,16H2,1-2H3,(H,29,30)(H,31,32)/t30-,43?;23-,36?/m00/s1. The number of amides is 2. The molecular weight excluding hydrogens is 1200 g/mol. The molecule has 0 bridgehead atoms. The molecule has 0 saturated carbocycles. The number of ether oxygens (including phenoxy) is 1. The number of rotatable bonds is 19. The fourth-order valence-corrected chi connectivity index (χ4v) is 13.7. The molecule has 3 N–H and O–H groups in total. The third kappa shape index (κ3) is 18.5. The van der Waals surface area contributed by atoms with Crippen LogP contribution >= 0.6 is 60.7 Å². The minimum Gasteiger partial charge on any atom is -0.480 e. The summed E-state index contributed by atoms with van der Waals surface area (Å²) in [6.45, 7) is 3.24. The van der Waals surface area contributed by atoms with Gasteiger partial charge in [0.25, 0.3) is 11.8 Å². The number of benzene rings is 7. The molecule has 0 aliphatic heterocycles. The van der Waals surface area contributed by atoms with Crippen molar-refractivity contribution in [3.05, 3.63) is 223 Å². The van der Waals surface area contributed by atoms with E-state index >= 15 is 0 Å². The highest BCUT2D eigenvalue weighted by atomic mass is 35.5. The van der Waals surface area contributed by atoms with Crippen LogP contribution in [-0.2, 0) is 69.0 Å². The highest BCUT2D eigenvalue weighted by molar-refractivity contribution is 7.91. The molecule has 0 aliphatic carbocycles. The van der Waals surface area contributed by atoms with Crippen molar-refractivity contribution in [2.75, 3.05) is 32.0 Å². The number of carboxylic acid groups (broad SMARTS) is 1. The smallest absolute Gasteiger partial charge is 0.329 e. The van der Waals surface area contributed by atoms with Crippen LogP contribution in [0.2, 0.25) is 20.1 Å². The van der Waals surface area contributed by atoms with E-state index in [2.05, 4.69) is 22.2 Å². The monoisotopic (exact) mass is 1250 g/mol. The van der Waals surface area contributed by atoms with Crippen LogP contribution in [0.3, 0.4) is 0 Å². The Morgan fingerprint density at radius 1 is 0.556 bits per heavy atom. The van der Waals surface area contributed by atoms with Crippen LogP contribution in [-0.4, -0.2) is 89.8 Å². The first-order valence-electron chi connectivity index (χ1n) is 24.5. The van der Waals surface area contributed by atoms with E-state index in [0.29, 0.717) is 40.1 Å². The molecule has 7 aromatic rings. The van der Waals surface area contributed by atoms with E-state index in [1.165, 1.54) is 42.5 Å². The van der Waals surface area contributed by atoms with Crippen LogP contribution in [0.15, 0.2) is 174 Å². The molecule has 7 rings (SSSR count). The SMILES string of the molecule is CP(=O)(C#Cc1cc(Cl)c(C(=O)N[C@@H](Cc2cccc(S(C)(=O)=O)c2)C(=O)OCc2ccccc2)c(Cl)c1)c1ccccc1.CP(=O)(CCc1cc(Cl)c(C(=O)N[C@@H](Cc2cccc(S(C)(=O)=O)c2)C(=O)O)c(Cl)c1)c1ccccc1. The second-order valence-electron chi connectivity index (χ2n) is 18.9. The number of sulfone groups is 2. The van der Waals surface area contributed by atoms with Crippen molar-refractivity contribution < 1.29 is 55.0 Å². The minimum atomic E-state index is -3.51. The number of esters is 1. The van der Waals surface area contributed by atoms with Gasteiger partial charge in [0.1, 0.15) is 25.8 Å². The summed E-state index contributed by atoms with van der Waals surface area (Å²) in [7, 11) is -12.6. The van der Waals surface area contributed by atoms with Gasteiger partial charge in [0.2, 0.25) is 0 Å². The van der Waals surface area contributed by atoms with Gasteiger partial charge >= 0.3 is 11.9 Å². The summed E-state index contributed by atoms with van der Waals surface area (Å²) in [6.07, 6.45) is 2.72. The molecule has 4 atom stereocenters. The predicted octanol–water partition coefficient (Wildman–Crippen LogP) is 10.8. The normalized spacial score (nSPS) is 13.5. The van der Waals surface area contributed by atoms with Gasteiger partial charge in [-0.2, -0.15) is 0 Å². The summed E-state index contributed by atoms with van der Waals surface area (Å²) in [5.74, 6) is -0.727. The average molecular weight is 1250 g/mol. The van der Waals surface area contributed by atoms with Gasteiger partial charge in [-0.25, -0.2) is 26.4 Å². The first-order valence-corrected chi connectivity index (χ1v) is 34.3. The van der Waals surface area contributed by atoms with Gasteiger partial charge in [0.15, 0.2) is 26.8 Å². The van der Waals surface area contributed by atoms with Crippen LogP contribution < -0.4 is 21.2 Å². The van der Waals surface area contributed by atoms with Gasteiger partial charge in [0.05, 0.1) is 41.0 Å². The number of aliphatic carboxylic acids is 1. The molecule has 81 heavy (non-hydrogen) atoms. The number of hydrogen-bond donors (Lipinski definition) is 3. The Morgan fingerprint density at radius 2 is 0.975 bits per heavy atom. The molecule has 0 heterocycles. The van der Waals surface area contributed by atoms with Crippen molar-refractivity contribution in [1.29, 1.82) is 0 Å². The lowest BCUT2D eigenvalue weighted by atomic mass is 10.0. The largest absolute Gasteiger partial charge is 0.480 e. The number of carboxylic acids is 1. The Morgan fingerprint density at radius 3 is 1.44 bits per heavy atom. The Balaban J connectivity index is 0.000000265. The van der Waals surface area contributed by atoms with Crippen molar-refractivity contribution in [3.8, 4) is 11.6 Å². The lowest BCUT2D eigenvalue weighted by Gasteiger charge is -2.19. The summed E-state index contributed by atoms with van der Waals surface area (Å²) < 4.78 is 79.5. The van der Waals surface area contributed by atoms with Gasteiger partial charge in [-0.3, -0.25) is 9.59 Å². The zero-order valence-corrected chi connectivity index (χ0v) is 50.4. The quantitative estimate of drug-likeness (QED) is 0.0391. The third-order valence-electron chi connectivity index (χ3n) is 12.3. The predicted molar refractivity (Wildman–Crippen MR) is 320 cm³/mol. The second kappa shape index (κ2) is 28.0. The maximum Gasteiger partial charge on any atom is 0.329 e. The van der Waals surface area contributed by atoms with Crippen LogP contribution in [0.25, 0.3) is 0 Å². The van der Waals surface area contributed by atoms with Crippen molar-refractivity contribution >= 4 is 115 Å². The number of carbonyl (C=O) groups is 4. The Bertz CT molecular complexity index is 3840.